The van der Waals surface area contributed by atoms with Gasteiger partial charge in [-0.05, 0) is 18.6 Å². The molecule has 128 valence electrons. The summed E-state index contributed by atoms with van der Waals surface area (Å²) in [5, 5.41) is 0. The van der Waals surface area contributed by atoms with E-state index in [0.29, 0.717) is 31.0 Å². The molecular weight excluding hydrogens is 309 g/mol. The van der Waals surface area contributed by atoms with Crippen molar-refractivity contribution >= 4 is 11.6 Å². The van der Waals surface area contributed by atoms with Crippen molar-refractivity contribution in [3.05, 3.63) is 36.2 Å². The van der Waals surface area contributed by atoms with E-state index in [-0.39, 0.29) is 11.9 Å². The minimum Gasteiger partial charge on any atom is -0.485 e. The van der Waals surface area contributed by atoms with E-state index in [0.717, 1.165) is 18.0 Å². The quantitative estimate of drug-likeness (QED) is 0.838. The van der Waals surface area contributed by atoms with Crippen molar-refractivity contribution in [3.8, 4) is 5.75 Å². The molecule has 2 aromatic heterocycles. The van der Waals surface area contributed by atoms with Crippen LogP contribution in [0.4, 0.5) is 16.0 Å². The van der Waals surface area contributed by atoms with E-state index >= 15 is 0 Å². The first-order chi connectivity index (χ1) is 11.6. The van der Waals surface area contributed by atoms with Crippen LogP contribution in [0, 0.1) is 5.82 Å². The molecule has 1 atom stereocenters. The van der Waals surface area contributed by atoms with Crippen molar-refractivity contribution in [1.82, 2.24) is 15.0 Å². The number of rotatable bonds is 5. The summed E-state index contributed by atoms with van der Waals surface area (Å²) < 4.78 is 20.5. The Kier molecular flexibility index (Phi) is 4.78. The van der Waals surface area contributed by atoms with Gasteiger partial charge < -0.3 is 14.5 Å². The molecular formula is C17H22FN5O. The predicted molar refractivity (Wildman–Crippen MR) is 91.2 cm³/mol. The molecule has 0 aliphatic carbocycles. The molecule has 3 heterocycles. The predicted octanol–water partition coefficient (Wildman–Crippen LogP) is 2.30. The average Bonchev–Trinajstić information content (AvgIpc) is 3.03. The highest BCUT2D eigenvalue weighted by Crippen LogP contribution is 2.28. The molecule has 0 radical (unpaired) electrons. The summed E-state index contributed by atoms with van der Waals surface area (Å²) in [4.78, 5) is 16.3. The molecule has 0 unspecified atom stereocenters. The summed E-state index contributed by atoms with van der Waals surface area (Å²) in [6.45, 7) is 3.19. The van der Waals surface area contributed by atoms with Gasteiger partial charge in [0.2, 0.25) is 0 Å². The third kappa shape index (κ3) is 3.25. The van der Waals surface area contributed by atoms with E-state index in [2.05, 4.69) is 15.0 Å². The number of aryl methyl sites for hydroxylation is 1. The number of halogens is 1. The van der Waals surface area contributed by atoms with Crippen molar-refractivity contribution in [2.24, 2.45) is 0 Å². The van der Waals surface area contributed by atoms with Crippen LogP contribution in [0.3, 0.4) is 0 Å². The molecule has 0 N–H and O–H groups in total. The number of nitrogens with zero attached hydrogens (tertiary/aromatic N) is 5. The summed E-state index contributed by atoms with van der Waals surface area (Å²) in [7, 11) is 3.86. The zero-order valence-corrected chi connectivity index (χ0v) is 14.2. The van der Waals surface area contributed by atoms with Gasteiger partial charge in [-0.25, -0.2) is 19.3 Å². The van der Waals surface area contributed by atoms with Crippen molar-refractivity contribution < 1.29 is 9.13 Å². The third-order valence-electron chi connectivity index (χ3n) is 4.09. The Morgan fingerprint density at radius 3 is 2.92 bits per heavy atom. The van der Waals surface area contributed by atoms with E-state index in [9.17, 15) is 4.39 Å². The summed E-state index contributed by atoms with van der Waals surface area (Å²) in [5.41, 5.74) is 0.450. The second-order valence-electron chi connectivity index (χ2n) is 6.01. The second-order valence-corrected chi connectivity index (χ2v) is 6.01. The van der Waals surface area contributed by atoms with Crippen LogP contribution in [0.15, 0.2) is 24.7 Å². The molecule has 0 aromatic carbocycles. The molecule has 0 amide bonds. The van der Waals surface area contributed by atoms with E-state index in [1.54, 1.807) is 6.20 Å². The van der Waals surface area contributed by atoms with Gasteiger partial charge in [-0.2, -0.15) is 0 Å². The van der Waals surface area contributed by atoms with Gasteiger partial charge in [-0.1, -0.05) is 6.92 Å². The molecule has 7 heteroatoms. The molecule has 3 rings (SSSR count). The maximum atomic E-state index is 14.4. The summed E-state index contributed by atoms with van der Waals surface area (Å²) in [6.07, 6.45) is 4.51. The molecule has 24 heavy (non-hydrogen) atoms. The number of ether oxygens (including phenoxy) is 1. The van der Waals surface area contributed by atoms with Crippen LogP contribution in [0.1, 0.15) is 19.0 Å². The summed E-state index contributed by atoms with van der Waals surface area (Å²) in [5.74, 6) is 1.58. The number of hydrogen-bond acceptors (Lipinski definition) is 6. The lowest BCUT2D eigenvalue weighted by Crippen LogP contribution is -2.27. The minimum absolute atomic E-state index is 0.0210. The van der Waals surface area contributed by atoms with E-state index in [1.807, 2.05) is 43.0 Å². The normalized spacial score (nSPS) is 17.2. The van der Waals surface area contributed by atoms with Gasteiger partial charge in [0.25, 0.3) is 0 Å². The fourth-order valence-electron chi connectivity index (χ4n) is 2.87. The lowest BCUT2D eigenvalue weighted by atomic mass is 10.3. The zero-order valence-electron chi connectivity index (χ0n) is 14.2. The smallest absolute Gasteiger partial charge is 0.187 e. The minimum atomic E-state index is -0.323. The van der Waals surface area contributed by atoms with Gasteiger partial charge in [0.05, 0.1) is 12.2 Å². The maximum absolute atomic E-state index is 14.4. The third-order valence-corrected chi connectivity index (χ3v) is 4.09. The topological polar surface area (TPSA) is 54.4 Å². The molecule has 6 nitrogen and oxygen atoms in total. The number of aromatic nitrogens is 3. The Labute approximate surface area is 141 Å². The molecule has 1 saturated heterocycles. The molecule has 1 fully saturated rings. The highest BCUT2D eigenvalue weighted by molar-refractivity contribution is 5.51. The van der Waals surface area contributed by atoms with Crippen LogP contribution in [-0.4, -0.2) is 48.2 Å². The average molecular weight is 331 g/mol. The number of pyridine rings is 1. The SMILES string of the molecule is CCc1ncnc(N2CC[C@H](Oc3cccnc3N(C)C)C2)c1F. The van der Waals surface area contributed by atoms with Gasteiger partial charge >= 0.3 is 0 Å². The Hall–Kier alpha value is -2.44. The summed E-state index contributed by atoms with van der Waals surface area (Å²) >= 11 is 0. The van der Waals surface area contributed by atoms with Crippen molar-refractivity contribution in [2.75, 3.05) is 37.0 Å². The van der Waals surface area contributed by atoms with Crippen LogP contribution in [-0.2, 0) is 6.42 Å². The van der Waals surface area contributed by atoms with Gasteiger partial charge in [0, 0.05) is 33.3 Å². The Morgan fingerprint density at radius 1 is 1.33 bits per heavy atom. The Bertz CT molecular complexity index is 709. The van der Waals surface area contributed by atoms with Crippen LogP contribution in [0.2, 0.25) is 0 Å². The fraction of sp³-hybridized carbons (Fsp3) is 0.471. The fourth-order valence-corrected chi connectivity index (χ4v) is 2.87. The van der Waals surface area contributed by atoms with Crippen LogP contribution in [0.25, 0.3) is 0 Å². The van der Waals surface area contributed by atoms with Crippen LogP contribution < -0.4 is 14.5 Å². The molecule has 0 saturated carbocycles. The first-order valence-corrected chi connectivity index (χ1v) is 8.13. The van der Waals surface area contributed by atoms with E-state index < -0.39 is 0 Å². The molecule has 0 bridgehead atoms. The zero-order chi connectivity index (χ0) is 17.1. The van der Waals surface area contributed by atoms with E-state index in [4.69, 9.17) is 4.74 Å². The molecule has 0 spiro atoms. The van der Waals surface area contributed by atoms with Gasteiger partial charge in [-0.15, -0.1) is 0 Å². The van der Waals surface area contributed by atoms with Gasteiger partial charge in [0.15, 0.2) is 23.2 Å². The Balaban J connectivity index is 1.73. The molecule has 1 aliphatic rings. The van der Waals surface area contributed by atoms with Crippen LogP contribution in [0.5, 0.6) is 5.75 Å². The monoisotopic (exact) mass is 331 g/mol. The summed E-state index contributed by atoms with van der Waals surface area (Å²) in [6, 6.07) is 3.76. The number of anilines is 2. The largest absolute Gasteiger partial charge is 0.485 e. The van der Waals surface area contributed by atoms with Crippen molar-refractivity contribution in [2.45, 2.75) is 25.9 Å². The standard InChI is InChI=1S/C17H22FN5O/c1-4-13-15(18)17(21-11-20-13)23-9-7-12(10-23)24-14-6-5-8-19-16(14)22(2)3/h5-6,8,11-12H,4,7,9-10H2,1-3H3/t12-/m0/s1. The van der Waals surface area contributed by atoms with Gasteiger partial charge in [0.1, 0.15) is 12.4 Å². The number of hydrogen-bond donors (Lipinski definition) is 0. The Morgan fingerprint density at radius 2 is 2.17 bits per heavy atom. The first kappa shape index (κ1) is 16.4. The van der Waals surface area contributed by atoms with Crippen LogP contribution >= 0.6 is 0 Å². The van der Waals surface area contributed by atoms with Crippen molar-refractivity contribution in [1.29, 1.82) is 0 Å². The molecule has 2 aromatic rings. The van der Waals surface area contributed by atoms with Gasteiger partial charge in [-0.3, -0.25) is 0 Å². The second kappa shape index (κ2) is 6.98. The van der Waals surface area contributed by atoms with E-state index in [1.165, 1.54) is 6.33 Å². The lowest BCUT2D eigenvalue weighted by molar-refractivity contribution is 0.225. The lowest BCUT2D eigenvalue weighted by Gasteiger charge is -2.21. The van der Waals surface area contributed by atoms with Crippen molar-refractivity contribution in [3.63, 3.8) is 0 Å². The highest BCUT2D eigenvalue weighted by Gasteiger charge is 2.28. The first-order valence-electron chi connectivity index (χ1n) is 8.13. The molecule has 1 aliphatic heterocycles. The maximum Gasteiger partial charge on any atom is 0.187 e. The highest BCUT2D eigenvalue weighted by atomic mass is 19.1.